The molecule has 0 spiro atoms. The summed E-state index contributed by atoms with van der Waals surface area (Å²) in [5, 5.41) is 7.27. The largest absolute Gasteiger partial charge is 0.312 e. The molecule has 4 N–H and O–H groups in total. The van der Waals surface area contributed by atoms with Crippen molar-refractivity contribution in [1.29, 1.82) is 5.41 Å². The summed E-state index contributed by atoms with van der Waals surface area (Å²) in [5.74, 6) is 5.33. The van der Waals surface area contributed by atoms with Gasteiger partial charge in [-0.1, -0.05) is 0 Å². The minimum atomic E-state index is 0.181. The third kappa shape index (κ3) is 2.18. The molecule has 0 saturated heterocycles. The van der Waals surface area contributed by atoms with Crippen LogP contribution in [-0.4, -0.2) is 17.3 Å². The number of hydrazine groups is 1. The van der Waals surface area contributed by atoms with Crippen LogP contribution < -0.4 is 11.3 Å². The standard InChI is InChI=1S/C4H11N3S/c1-3(8-2)4(5)7-6/h3H,6H2,1-2H3,(H2,5,7). The average molecular weight is 133 g/mol. The van der Waals surface area contributed by atoms with Gasteiger partial charge in [-0.2, -0.15) is 11.8 Å². The van der Waals surface area contributed by atoms with E-state index in [2.05, 4.69) is 5.43 Å². The number of thioether (sulfide) groups is 1. The van der Waals surface area contributed by atoms with Crippen molar-refractivity contribution in [3.05, 3.63) is 0 Å². The molecule has 3 nitrogen and oxygen atoms in total. The van der Waals surface area contributed by atoms with Crippen LogP contribution >= 0.6 is 11.8 Å². The van der Waals surface area contributed by atoms with Crippen LogP contribution in [0.25, 0.3) is 0 Å². The average Bonchev–Trinajstić information content (AvgIpc) is 1.84. The highest BCUT2D eigenvalue weighted by molar-refractivity contribution is 7.99. The highest BCUT2D eigenvalue weighted by atomic mass is 32.2. The van der Waals surface area contributed by atoms with E-state index in [-0.39, 0.29) is 5.25 Å². The Hall–Kier alpha value is -0.220. The summed E-state index contributed by atoms with van der Waals surface area (Å²) in [6, 6.07) is 0. The quantitative estimate of drug-likeness (QED) is 0.218. The van der Waals surface area contributed by atoms with Gasteiger partial charge in [0.25, 0.3) is 0 Å². The number of rotatable bonds is 2. The van der Waals surface area contributed by atoms with Crippen molar-refractivity contribution in [3.8, 4) is 0 Å². The first-order chi connectivity index (χ1) is 3.72. The monoisotopic (exact) mass is 133 g/mol. The molecule has 0 amide bonds. The van der Waals surface area contributed by atoms with E-state index in [1.54, 1.807) is 11.8 Å². The molecule has 0 radical (unpaired) electrons. The Bertz CT molecular complexity index is 83.4. The number of amidine groups is 1. The second kappa shape index (κ2) is 3.74. The molecule has 0 heterocycles. The van der Waals surface area contributed by atoms with Gasteiger partial charge in [0, 0.05) is 0 Å². The predicted molar refractivity (Wildman–Crippen MR) is 38.0 cm³/mol. The molecule has 0 aromatic rings. The lowest BCUT2D eigenvalue weighted by Crippen LogP contribution is -2.35. The first-order valence-electron chi connectivity index (χ1n) is 2.30. The van der Waals surface area contributed by atoms with E-state index < -0.39 is 0 Å². The third-order valence-electron chi connectivity index (χ3n) is 0.916. The van der Waals surface area contributed by atoms with Gasteiger partial charge in [-0.25, -0.2) is 5.84 Å². The maximum Gasteiger partial charge on any atom is 0.120 e. The van der Waals surface area contributed by atoms with Gasteiger partial charge < -0.3 is 5.43 Å². The van der Waals surface area contributed by atoms with Crippen LogP contribution in [0.2, 0.25) is 0 Å². The molecule has 0 bridgehead atoms. The zero-order chi connectivity index (χ0) is 6.57. The Morgan fingerprint density at radius 2 is 2.38 bits per heavy atom. The first-order valence-corrected chi connectivity index (χ1v) is 3.59. The van der Waals surface area contributed by atoms with E-state index in [1.165, 1.54) is 0 Å². The topological polar surface area (TPSA) is 61.9 Å². The highest BCUT2D eigenvalue weighted by Crippen LogP contribution is 2.03. The molecule has 0 aromatic heterocycles. The maximum absolute atomic E-state index is 7.09. The number of nitrogens with two attached hydrogens (primary N) is 1. The molecular weight excluding hydrogens is 122 g/mol. The lowest BCUT2D eigenvalue weighted by Gasteiger charge is -2.07. The van der Waals surface area contributed by atoms with Crippen LogP contribution in [0.4, 0.5) is 0 Å². The van der Waals surface area contributed by atoms with E-state index in [9.17, 15) is 0 Å². The molecule has 4 heteroatoms. The molecule has 48 valence electrons. The predicted octanol–water partition coefficient (Wildman–Crippen LogP) is 0.178. The smallest absolute Gasteiger partial charge is 0.120 e. The number of hydrogen-bond acceptors (Lipinski definition) is 3. The van der Waals surface area contributed by atoms with Crippen LogP contribution in [0.15, 0.2) is 0 Å². The molecule has 0 aliphatic carbocycles. The fourth-order valence-electron chi connectivity index (χ4n) is 0.235. The van der Waals surface area contributed by atoms with Crippen LogP contribution in [0.3, 0.4) is 0 Å². The normalized spacial score (nSPS) is 12.9. The van der Waals surface area contributed by atoms with Crippen molar-refractivity contribution in [2.75, 3.05) is 6.26 Å². The van der Waals surface area contributed by atoms with Gasteiger partial charge in [-0.15, -0.1) is 0 Å². The summed E-state index contributed by atoms with van der Waals surface area (Å²) in [6.07, 6.45) is 1.94. The summed E-state index contributed by atoms with van der Waals surface area (Å²) < 4.78 is 0. The number of nitrogens with one attached hydrogen (secondary N) is 2. The Labute approximate surface area is 53.5 Å². The van der Waals surface area contributed by atoms with Gasteiger partial charge in [-0.3, -0.25) is 5.41 Å². The van der Waals surface area contributed by atoms with Crippen molar-refractivity contribution >= 4 is 17.6 Å². The third-order valence-corrected chi connectivity index (χ3v) is 1.86. The summed E-state index contributed by atoms with van der Waals surface area (Å²) >= 11 is 1.59. The SMILES string of the molecule is CSC(C)C(=N)NN. The van der Waals surface area contributed by atoms with Gasteiger partial charge in [-0.05, 0) is 13.2 Å². The molecule has 0 rings (SSSR count). The van der Waals surface area contributed by atoms with E-state index in [0.717, 1.165) is 0 Å². The van der Waals surface area contributed by atoms with Crippen molar-refractivity contribution in [3.63, 3.8) is 0 Å². The van der Waals surface area contributed by atoms with E-state index in [0.29, 0.717) is 5.84 Å². The molecule has 1 unspecified atom stereocenters. The fourth-order valence-corrected chi connectivity index (χ4v) is 0.539. The van der Waals surface area contributed by atoms with Gasteiger partial charge in [0.05, 0.1) is 5.25 Å². The Morgan fingerprint density at radius 3 is 2.50 bits per heavy atom. The van der Waals surface area contributed by atoms with Crippen LogP contribution in [0.5, 0.6) is 0 Å². The molecule has 8 heavy (non-hydrogen) atoms. The number of hydrogen-bond donors (Lipinski definition) is 3. The summed E-state index contributed by atoms with van der Waals surface area (Å²) in [7, 11) is 0. The molecular formula is C4H11N3S. The molecule has 1 atom stereocenters. The molecule has 0 aromatic carbocycles. The lowest BCUT2D eigenvalue weighted by atomic mass is 10.4. The van der Waals surface area contributed by atoms with Crippen molar-refractivity contribution < 1.29 is 0 Å². The van der Waals surface area contributed by atoms with E-state index in [1.807, 2.05) is 13.2 Å². The highest BCUT2D eigenvalue weighted by Gasteiger charge is 2.02. The lowest BCUT2D eigenvalue weighted by molar-refractivity contribution is 0.971. The van der Waals surface area contributed by atoms with E-state index in [4.69, 9.17) is 11.3 Å². The molecule has 0 saturated carbocycles. The van der Waals surface area contributed by atoms with Gasteiger partial charge in [0.2, 0.25) is 0 Å². The van der Waals surface area contributed by atoms with Crippen molar-refractivity contribution in [2.45, 2.75) is 12.2 Å². The van der Waals surface area contributed by atoms with Crippen LogP contribution in [0.1, 0.15) is 6.92 Å². The zero-order valence-corrected chi connectivity index (χ0v) is 5.88. The fraction of sp³-hybridized carbons (Fsp3) is 0.750. The molecule has 0 aliphatic rings. The molecule has 0 aliphatic heterocycles. The van der Waals surface area contributed by atoms with Crippen molar-refractivity contribution in [1.82, 2.24) is 5.43 Å². The van der Waals surface area contributed by atoms with Crippen molar-refractivity contribution in [2.24, 2.45) is 5.84 Å². The second-order valence-electron chi connectivity index (χ2n) is 1.44. The Kier molecular flexibility index (Phi) is 3.64. The van der Waals surface area contributed by atoms with E-state index >= 15 is 0 Å². The summed E-state index contributed by atoms with van der Waals surface area (Å²) in [6.45, 7) is 1.92. The minimum Gasteiger partial charge on any atom is -0.312 e. The Balaban J connectivity index is 3.46. The van der Waals surface area contributed by atoms with Gasteiger partial charge in [0.1, 0.15) is 5.84 Å². The molecule has 0 fully saturated rings. The minimum absolute atomic E-state index is 0.181. The van der Waals surface area contributed by atoms with Gasteiger partial charge >= 0.3 is 0 Å². The summed E-state index contributed by atoms with van der Waals surface area (Å²) in [5.41, 5.74) is 2.28. The first kappa shape index (κ1) is 7.78. The van der Waals surface area contributed by atoms with Crippen LogP contribution in [-0.2, 0) is 0 Å². The second-order valence-corrected chi connectivity index (χ2v) is 2.61. The van der Waals surface area contributed by atoms with Crippen LogP contribution in [0, 0.1) is 5.41 Å². The maximum atomic E-state index is 7.09. The summed E-state index contributed by atoms with van der Waals surface area (Å²) in [4.78, 5) is 0. The van der Waals surface area contributed by atoms with Gasteiger partial charge in [0.15, 0.2) is 0 Å². The zero-order valence-electron chi connectivity index (χ0n) is 5.06. The Morgan fingerprint density at radius 1 is 1.88 bits per heavy atom.